The van der Waals surface area contributed by atoms with E-state index in [4.69, 9.17) is 0 Å². The molecule has 0 amide bonds. The highest BCUT2D eigenvalue weighted by molar-refractivity contribution is 5.07. The predicted octanol–water partition coefficient (Wildman–Crippen LogP) is 3.18. The Balaban J connectivity index is 1.85. The summed E-state index contributed by atoms with van der Waals surface area (Å²) in [5, 5.41) is 3.48. The van der Waals surface area contributed by atoms with Gasteiger partial charge in [-0.25, -0.2) is 0 Å². The lowest BCUT2D eigenvalue weighted by molar-refractivity contribution is 0.445. The van der Waals surface area contributed by atoms with Gasteiger partial charge < -0.3 is 9.88 Å². The zero-order chi connectivity index (χ0) is 11.2. The van der Waals surface area contributed by atoms with Gasteiger partial charge in [0.1, 0.15) is 0 Å². The van der Waals surface area contributed by atoms with Crippen molar-refractivity contribution >= 4 is 0 Å². The molecule has 0 unspecified atom stereocenters. The van der Waals surface area contributed by atoms with Crippen LogP contribution in [0.1, 0.15) is 44.7 Å². The van der Waals surface area contributed by atoms with Crippen molar-refractivity contribution in [1.29, 1.82) is 0 Å². The second-order valence-electron chi connectivity index (χ2n) is 4.98. The Hall–Kier alpha value is -0.760. The van der Waals surface area contributed by atoms with Crippen LogP contribution in [0.3, 0.4) is 0 Å². The summed E-state index contributed by atoms with van der Waals surface area (Å²) < 4.78 is 2.44. The molecular formula is C14H24N2. The number of nitrogens with zero attached hydrogens (tertiary/aromatic N) is 1. The molecule has 90 valence electrons. The number of hydrogen-bond acceptors (Lipinski definition) is 1. The zero-order valence-corrected chi connectivity index (χ0v) is 10.4. The third-order valence-corrected chi connectivity index (χ3v) is 3.59. The molecule has 2 rings (SSSR count). The van der Waals surface area contributed by atoms with Crippen molar-refractivity contribution in [3.8, 4) is 0 Å². The van der Waals surface area contributed by atoms with Crippen LogP contribution in [0.25, 0.3) is 0 Å². The van der Waals surface area contributed by atoms with Gasteiger partial charge in [0.25, 0.3) is 0 Å². The molecule has 0 aromatic carbocycles. The molecular weight excluding hydrogens is 196 g/mol. The molecule has 1 fully saturated rings. The van der Waals surface area contributed by atoms with Gasteiger partial charge in [-0.15, -0.1) is 0 Å². The van der Waals surface area contributed by atoms with Crippen LogP contribution in [-0.4, -0.2) is 11.1 Å². The molecule has 1 aliphatic carbocycles. The van der Waals surface area contributed by atoms with Crippen LogP contribution in [0.15, 0.2) is 18.3 Å². The molecule has 2 nitrogen and oxygen atoms in total. The van der Waals surface area contributed by atoms with Crippen molar-refractivity contribution < 1.29 is 0 Å². The standard InChI is InChI=1S/C14H24N2/c1-2-9-15-11-14-8-5-10-16(14)12-13-6-3-4-7-13/h5,8,10,13,15H,2-4,6-7,9,11-12H2,1H3. The summed E-state index contributed by atoms with van der Waals surface area (Å²) >= 11 is 0. The first-order valence-electron chi connectivity index (χ1n) is 6.75. The van der Waals surface area contributed by atoms with E-state index in [2.05, 4.69) is 35.1 Å². The average Bonchev–Trinajstić information content (AvgIpc) is 2.92. The van der Waals surface area contributed by atoms with E-state index >= 15 is 0 Å². The minimum atomic E-state index is 0.928. The second kappa shape index (κ2) is 6.09. The van der Waals surface area contributed by atoms with Gasteiger partial charge in [0.15, 0.2) is 0 Å². The summed E-state index contributed by atoms with van der Waals surface area (Å²) in [5.74, 6) is 0.928. The fraction of sp³-hybridized carbons (Fsp3) is 0.714. The van der Waals surface area contributed by atoms with Crippen LogP contribution in [-0.2, 0) is 13.1 Å². The molecule has 1 aromatic heterocycles. The Labute approximate surface area is 99.0 Å². The molecule has 0 aliphatic heterocycles. The monoisotopic (exact) mass is 220 g/mol. The largest absolute Gasteiger partial charge is 0.350 e. The minimum absolute atomic E-state index is 0.928. The fourth-order valence-corrected chi connectivity index (χ4v) is 2.65. The van der Waals surface area contributed by atoms with E-state index in [1.54, 1.807) is 0 Å². The molecule has 0 spiro atoms. The Morgan fingerprint density at radius 1 is 1.38 bits per heavy atom. The topological polar surface area (TPSA) is 17.0 Å². The Morgan fingerprint density at radius 2 is 2.19 bits per heavy atom. The Morgan fingerprint density at radius 3 is 2.94 bits per heavy atom. The zero-order valence-electron chi connectivity index (χ0n) is 10.4. The first kappa shape index (κ1) is 11.7. The van der Waals surface area contributed by atoms with E-state index in [-0.39, 0.29) is 0 Å². The number of aromatic nitrogens is 1. The van der Waals surface area contributed by atoms with Gasteiger partial charge in [0.2, 0.25) is 0 Å². The van der Waals surface area contributed by atoms with Crippen LogP contribution in [0.4, 0.5) is 0 Å². The SMILES string of the molecule is CCCNCc1cccn1CC1CCCC1. The number of rotatable bonds is 6. The molecule has 1 saturated carbocycles. The number of nitrogens with one attached hydrogen (secondary N) is 1. The quantitative estimate of drug-likeness (QED) is 0.729. The van der Waals surface area contributed by atoms with Crippen molar-refractivity contribution in [2.24, 2.45) is 5.92 Å². The maximum Gasteiger partial charge on any atom is 0.0359 e. The van der Waals surface area contributed by atoms with Crippen LogP contribution in [0, 0.1) is 5.92 Å². The highest BCUT2D eigenvalue weighted by Crippen LogP contribution is 2.26. The summed E-state index contributed by atoms with van der Waals surface area (Å²) in [4.78, 5) is 0. The Bertz CT molecular complexity index is 297. The highest BCUT2D eigenvalue weighted by atomic mass is 15.0. The molecule has 1 aromatic rings. The van der Waals surface area contributed by atoms with Gasteiger partial charge in [-0.05, 0) is 43.9 Å². The summed E-state index contributed by atoms with van der Waals surface area (Å²) in [6.45, 7) is 5.59. The molecule has 0 saturated heterocycles. The molecule has 1 aliphatic rings. The van der Waals surface area contributed by atoms with Gasteiger partial charge >= 0.3 is 0 Å². The van der Waals surface area contributed by atoms with Crippen molar-refractivity contribution in [3.63, 3.8) is 0 Å². The van der Waals surface area contributed by atoms with Crippen LogP contribution >= 0.6 is 0 Å². The Kier molecular flexibility index (Phi) is 4.46. The van der Waals surface area contributed by atoms with Crippen LogP contribution in [0.2, 0.25) is 0 Å². The first-order chi connectivity index (χ1) is 7.90. The highest BCUT2D eigenvalue weighted by Gasteiger charge is 2.15. The lowest BCUT2D eigenvalue weighted by Gasteiger charge is -2.14. The van der Waals surface area contributed by atoms with Gasteiger partial charge in [-0.3, -0.25) is 0 Å². The first-order valence-corrected chi connectivity index (χ1v) is 6.75. The van der Waals surface area contributed by atoms with Crippen molar-refractivity contribution in [2.45, 2.75) is 52.1 Å². The van der Waals surface area contributed by atoms with E-state index in [9.17, 15) is 0 Å². The van der Waals surface area contributed by atoms with E-state index < -0.39 is 0 Å². The lowest BCUT2D eigenvalue weighted by Crippen LogP contribution is -2.18. The van der Waals surface area contributed by atoms with E-state index in [0.29, 0.717) is 0 Å². The second-order valence-corrected chi connectivity index (χ2v) is 4.98. The molecule has 2 heteroatoms. The van der Waals surface area contributed by atoms with E-state index in [1.807, 2.05) is 0 Å². The number of hydrogen-bond donors (Lipinski definition) is 1. The predicted molar refractivity (Wildman–Crippen MR) is 68.4 cm³/mol. The molecule has 1 N–H and O–H groups in total. The summed E-state index contributed by atoms with van der Waals surface area (Å²) in [6, 6.07) is 4.43. The smallest absolute Gasteiger partial charge is 0.0359 e. The normalized spacial score (nSPS) is 17.1. The molecule has 16 heavy (non-hydrogen) atoms. The third kappa shape index (κ3) is 3.11. The molecule has 0 radical (unpaired) electrons. The summed E-state index contributed by atoms with van der Waals surface area (Å²) in [6.07, 6.45) is 9.19. The van der Waals surface area contributed by atoms with Gasteiger partial charge in [-0.1, -0.05) is 19.8 Å². The van der Waals surface area contributed by atoms with E-state index in [0.717, 1.165) is 19.0 Å². The summed E-state index contributed by atoms with van der Waals surface area (Å²) in [5.41, 5.74) is 1.44. The maximum absolute atomic E-state index is 3.48. The van der Waals surface area contributed by atoms with E-state index in [1.165, 1.54) is 44.3 Å². The molecule has 0 bridgehead atoms. The van der Waals surface area contributed by atoms with Crippen LogP contribution < -0.4 is 5.32 Å². The van der Waals surface area contributed by atoms with Crippen molar-refractivity contribution in [2.75, 3.05) is 6.54 Å². The van der Waals surface area contributed by atoms with Gasteiger partial charge in [0, 0.05) is 25.0 Å². The lowest BCUT2D eigenvalue weighted by atomic mass is 10.1. The van der Waals surface area contributed by atoms with Crippen molar-refractivity contribution in [1.82, 2.24) is 9.88 Å². The summed E-state index contributed by atoms with van der Waals surface area (Å²) in [7, 11) is 0. The maximum atomic E-state index is 3.48. The average molecular weight is 220 g/mol. The van der Waals surface area contributed by atoms with Crippen molar-refractivity contribution in [3.05, 3.63) is 24.0 Å². The van der Waals surface area contributed by atoms with Gasteiger partial charge in [-0.2, -0.15) is 0 Å². The minimum Gasteiger partial charge on any atom is -0.350 e. The fourth-order valence-electron chi connectivity index (χ4n) is 2.65. The molecule has 1 heterocycles. The van der Waals surface area contributed by atoms with Gasteiger partial charge in [0.05, 0.1) is 0 Å². The molecule has 0 atom stereocenters. The van der Waals surface area contributed by atoms with Crippen LogP contribution in [0.5, 0.6) is 0 Å². The third-order valence-electron chi connectivity index (χ3n) is 3.59.